The fourth-order valence-electron chi connectivity index (χ4n) is 2.68. The Morgan fingerprint density at radius 3 is 2.65 bits per heavy atom. The van der Waals surface area contributed by atoms with E-state index in [9.17, 15) is 4.79 Å². The minimum absolute atomic E-state index is 0.0726. The van der Waals surface area contributed by atoms with Crippen LogP contribution in [0.1, 0.15) is 17.3 Å². The van der Waals surface area contributed by atoms with Crippen LogP contribution in [0.15, 0.2) is 53.7 Å². The maximum absolute atomic E-state index is 12.5. The Morgan fingerprint density at radius 2 is 1.92 bits per heavy atom. The van der Waals surface area contributed by atoms with Gasteiger partial charge in [-0.25, -0.2) is 4.98 Å². The molecular formula is C20H22N2O3S. The van der Waals surface area contributed by atoms with E-state index in [0.717, 1.165) is 21.9 Å². The van der Waals surface area contributed by atoms with Gasteiger partial charge in [0.05, 0.1) is 30.0 Å². The highest BCUT2D eigenvalue weighted by Gasteiger charge is 2.14. The second-order valence-corrected chi connectivity index (χ2v) is 6.64. The normalized spacial score (nSPS) is 11.0. The van der Waals surface area contributed by atoms with Gasteiger partial charge in [0.2, 0.25) is 0 Å². The van der Waals surface area contributed by atoms with E-state index in [4.69, 9.17) is 9.47 Å². The molecule has 0 bridgehead atoms. The van der Waals surface area contributed by atoms with E-state index in [1.165, 1.54) is 11.8 Å². The van der Waals surface area contributed by atoms with Gasteiger partial charge < -0.3 is 14.0 Å². The summed E-state index contributed by atoms with van der Waals surface area (Å²) in [7, 11) is 1.68. The van der Waals surface area contributed by atoms with Crippen molar-refractivity contribution in [2.75, 3.05) is 26.1 Å². The van der Waals surface area contributed by atoms with Crippen LogP contribution in [0.4, 0.5) is 0 Å². The van der Waals surface area contributed by atoms with E-state index in [-0.39, 0.29) is 5.78 Å². The number of Topliss-reactive ketones (excluding diaryl/α,β-unsaturated/α-hetero) is 1. The van der Waals surface area contributed by atoms with Crippen LogP contribution in [-0.2, 0) is 11.3 Å². The summed E-state index contributed by atoms with van der Waals surface area (Å²) in [5.74, 6) is 1.19. The lowest BCUT2D eigenvalue weighted by Crippen LogP contribution is -2.08. The van der Waals surface area contributed by atoms with E-state index in [1.807, 2.05) is 55.5 Å². The number of thioether (sulfide) groups is 1. The van der Waals surface area contributed by atoms with Crippen molar-refractivity contribution >= 4 is 28.6 Å². The molecular weight excluding hydrogens is 348 g/mol. The molecule has 26 heavy (non-hydrogen) atoms. The van der Waals surface area contributed by atoms with E-state index < -0.39 is 0 Å². The third kappa shape index (κ3) is 4.26. The van der Waals surface area contributed by atoms with E-state index in [0.29, 0.717) is 31.1 Å². The molecule has 1 aromatic heterocycles. The summed E-state index contributed by atoms with van der Waals surface area (Å²) in [6.07, 6.45) is 0. The summed E-state index contributed by atoms with van der Waals surface area (Å²) in [6, 6.07) is 15.3. The van der Waals surface area contributed by atoms with Crippen molar-refractivity contribution in [3.05, 3.63) is 54.1 Å². The number of hydrogen-bond donors (Lipinski definition) is 0. The first-order valence-corrected chi connectivity index (χ1v) is 9.54. The number of ether oxygens (including phenoxy) is 2. The molecule has 0 aliphatic heterocycles. The number of hydrogen-bond acceptors (Lipinski definition) is 5. The first-order valence-electron chi connectivity index (χ1n) is 8.56. The van der Waals surface area contributed by atoms with Crippen molar-refractivity contribution in [2.45, 2.75) is 18.6 Å². The van der Waals surface area contributed by atoms with E-state index in [2.05, 4.69) is 9.55 Å². The topological polar surface area (TPSA) is 53.3 Å². The molecule has 0 fully saturated rings. The molecule has 6 heteroatoms. The monoisotopic (exact) mass is 370 g/mol. The number of ketones is 1. The minimum Gasteiger partial charge on any atom is -0.494 e. The highest BCUT2D eigenvalue weighted by Crippen LogP contribution is 2.25. The van der Waals surface area contributed by atoms with Gasteiger partial charge in [0, 0.05) is 19.2 Å². The molecule has 3 rings (SSSR count). The summed E-state index contributed by atoms with van der Waals surface area (Å²) < 4.78 is 12.7. The second kappa shape index (κ2) is 8.87. The van der Waals surface area contributed by atoms with Crippen LogP contribution >= 0.6 is 11.8 Å². The number of aromatic nitrogens is 2. The van der Waals surface area contributed by atoms with Crippen LogP contribution in [0.3, 0.4) is 0 Å². The third-order valence-electron chi connectivity index (χ3n) is 3.96. The molecule has 1 heterocycles. The van der Waals surface area contributed by atoms with Gasteiger partial charge in [0.25, 0.3) is 0 Å². The van der Waals surface area contributed by atoms with Gasteiger partial charge in [0.1, 0.15) is 5.75 Å². The molecule has 2 aromatic carbocycles. The van der Waals surface area contributed by atoms with Gasteiger partial charge in [-0.05, 0) is 43.3 Å². The lowest BCUT2D eigenvalue weighted by Gasteiger charge is -2.08. The quantitative estimate of drug-likeness (QED) is 0.420. The summed E-state index contributed by atoms with van der Waals surface area (Å²) in [6.45, 7) is 3.85. The number of fused-ring (bicyclic) bond motifs is 1. The number of rotatable bonds is 9. The summed E-state index contributed by atoms with van der Waals surface area (Å²) in [5.41, 5.74) is 2.67. The predicted octanol–water partition coefficient (Wildman–Crippen LogP) is 4.06. The number of carbonyl (C=O) groups is 1. The first kappa shape index (κ1) is 18.5. The van der Waals surface area contributed by atoms with Gasteiger partial charge >= 0.3 is 0 Å². The van der Waals surface area contributed by atoms with Crippen molar-refractivity contribution < 1.29 is 14.3 Å². The Hall–Kier alpha value is -2.31. The smallest absolute Gasteiger partial charge is 0.173 e. The van der Waals surface area contributed by atoms with Crippen molar-refractivity contribution in [1.82, 2.24) is 9.55 Å². The Labute approximate surface area is 157 Å². The fraction of sp³-hybridized carbons (Fsp3) is 0.300. The minimum atomic E-state index is 0.0726. The van der Waals surface area contributed by atoms with Crippen LogP contribution in [-0.4, -0.2) is 41.4 Å². The van der Waals surface area contributed by atoms with Gasteiger partial charge in [0.15, 0.2) is 10.9 Å². The average molecular weight is 370 g/mol. The van der Waals surface area contributed by atoms with Crippen molar-refractivity contribution in [1.29, 1.82) is 0 Å². The first-order chi connectivity index (χ1) is 12.7. The Bertz CT molecular complexity index is 874. The van der Waals surface area contributed by atoms with Gasteiger partial charge in [-0.1, -0.05) is 23.9 Å². The number of carbonyl (C=O) groups excluding carboxylic acids is 1. The van der Waals surface area contributed by atoms with Crippen molar-refractivity contribution in [2.24, 2.45) is 0 Å². The SMILES string of the molecule is CCOc1ccc(C(=O)CSc2nc3ccccc3n2CCOC)cc1. The van der Waals surface area contributed by atoms with Crippen LogP contribution in [0, 0.1) is 0 Å². The average Bonchev–Trinajstić information content (AvgIpc) is 3.03. The lowest BCUT2D eigenvalue weighted by atomic mass is 10.1. The van der Waals surface area contributed by atoms with Crippen molar-refractivity contribution in [3.8, 4) is 5.75 Å². The third-order valence-corrected chi connectivity index (χ3v) is 4.93. The fourth-order valence-corrected chi connectivity index (χ4v) is 3.61. The molecule has 136 valence electrons. The number of para-hydroxylation sites is 2. The summed E-state index contributed by atoms with van der Waals surface area (Å²) >= 11 is 1.46. The molecule has 0 radical (unpaired) electrons. The maximum Gasteiger partial charge on any atom is 0.173 e. The highest BCUT2D eigenvalue weighted by atomic mass is 32.2. The molecule has 0 aliphatic rings. The Kier molecular flexibility index (Phi) is 6.30. The largest absolute Gasteiger partial charge is 0.494 e. The number of nitrogens with zero attached hydrogens (tertiary/aromatic N) is 2. The van der Waals surface area contributed by atoms with Crippen LogP contribution in [0.5, 0.6) is 5.75 Å². The highest BCUT2D eigenvalue weighted by molar-refractivity contribution is 7.99. The molecule has 0 saturated heterocycles. The van der Waals surface area contributed by atoms with E-state index >= 15 is 0 Å². The summed E-state index contributed by atoms with van der Waals surface area (Å²) in [5, 5.41) is 0.836. The van der Waals surface area contributed by atoms with Crippen LogP contribution in [0.25, 0.3) is 11.0 Å². The molecule has 0 atom stereocenters. The number of methoxy groups -OCH3 is 1. The second-order valence-electron chi connectivity index (χ2n) is 5.70. The predicted molar refractivity (Wildman–Crippen MR) is 104 cm³/mol. The standard InChI is InChI=1S/C20H22N2O3S/c1-3-25-16-10-8-15(9-11-16)19(23)14-26-20-21-17-6-4-5-7-18(17)22(20)12-13-24-2/h4-11H,3,12-14H2,1-2H3. The summed E-state index contributed by atoms with van der Waals surface area (Å²) in [4.78, 5) is 17.2. The Balaban J connectivity index is 1.73. The number of benzene rings is 2. The van der Waals surface area contributed by atoms with Crippen LogP contribution in [0.2, 0.25) is 0 Å². The molecule has 0 saturated carbocycles. The van der Waals surface area contributed by atoms with Gasteiger partial charge in [-0.2, -0.15) is 0 Å². The van der Waals surface area contributed by atoms with E-state index in [1.54, 1.807) is 7.11 Å². The molecule has 0 spiro atoms. The molecule has 3 aromatic rings. The number of imidazole rings is 1. The molecule has 5 nitrogen and oxygen atoms in total. The zero-order valence-electron chi connectivity index (χ0n) is 15.0. The molecule has 0 unspecified atom stereocenters. The molecule has 0 amide bonds. The maximum atomic E-state index is 12.5. The zero-order valence-corrected chi connectivity index (χ0v) is 15.8. The Morgan fingerprint density at radius 1 is 1.15 bits per heavy atom. The lowest BCUT2D eigenvalue weighted by molar-refractivity contribution is 0.102. The molecule has 0 aliphatic carbocycles. The molecule has 0 N–H and O–H groups in total. The van der Waals surface area contributed by atoms with Gasteiger partial charge in [-0.15, -0.1) is 0 Å². The van der Waals surface area contributed by atoms with Crippen molar-refractivity contribution in [3.63, 3.8) is 0 Å². The van der Waals surface area contributed by atoms with Crippen LogP contribution < -0.4 is 4.74 Å². The zero-order chi connectivity index (χ0) is 18.4. The van der Waals surface area contributed by atoms with Gasteiger partial charge in [-0.3, -0.25) is 4.79 Å².